The number of hydrogen-bond donors (Lipinski definition) is 1. The van der Waals surface area contributed by atoms with Crippen LogP contribution in [-0.2, 0) is 0 Å². The van der Waals surface area contributed by atoms with E-state index >= 15 is 0 Å². The molecule has 2 heterocycles. The van der Waals surface area contributed by atoms with Gasteiger partial charge in [0.15, 0.2) is 0 Å². The van der Waals surface area contributed by atoms with E-state index in [1.165, 1.54) is 64.8 Å². The molecule has 0 radical (unpaired) electrons. The first-order valence-corrected chi connectivity index (χ1v) is 7.43. The molecule has 2 fully saturated rings. The highest BCUT2D eigenvalue weighted by Gasteiger charge is 2.28. The monoisotopic (exact) mass is 239 g/mol. The molecule has 2 aliphatic rings. The molecule has 0 aromatic carbocycles. The first-order chi connectivity index (χ1) is 8.29. The van der Waals surface area contributed by atoms with E-state index in [9.17, 15) is 0 Å². The summed E-state index contributed by atoms with van der Waals surface area (Å²) in [5, 5.41) is 3.32. The standard InChI is InChI=1S/C14H29N3/c1-13(15-2)6-5-8-16-11-7-14(12-16)17-9-3-4-10-17/h13-15H,3-12H2,1-2H3. The summed E-state index contributed by atoms with van der Waals surface area (Å²) in [4.78, 5) is 5.39. The lowest BCUT2D eigenvalue weighted by Crippen LogP contribution is -2.35. The highest BCUT2D eigenvalue weighted by atomic mass is 15.3. The first-order valence-electron chi connectivity index (χ1n) is 7.43. The Morgan fingerprint density at radius 1 is 1.24 bits per heavy atom. The zero-order valence-corrected chi connectivity index (χ0v) is 11.6. The van der Waals surface area contributed by atoms with Gasteiger partial charge in [-0.05, 0) is 72.3 Å². The normalized spacial score (nSPS) is 28.9. The molecule has 17 heavy (non-hydrogen) atoms. The lowest BCUT2D eigenvalue weighted by Gasteiger charge is -2.23. The Bertz CT molecular complexity index is 214. The zero-order chi connectivity index (χ0) is 12.1. The highest BCUT2D eigenvalue weighted by molar-refractivity contribution is 4.85. The van der Waals surface area contributed by atoms with Crippen molar-refractivity contribution in [1.29, 1.82) is 0 Å². The number of nitrogens with one attached hydrogen (secondary N) is 1. The highest BCUT2D eigenvalue weighted by Crippen LogP contribution is 2.20. The SMILES string of the molecule is CNC(C)CCCN1CCC(N2CCCC2)C1. The third kappa shape index (κ3) is 3.94. The van der Waals surface area contributed by atoms with E-state index in [0.29, 0.717) is 6.04 Å². The molecule has 2 unspecified atom stereocenters. The number of rotatable bonds is 6. The Kier molecular flexibility index (Phi) is 5.26. The van der Waals surface area contributed by atoms with Crippen LogP contribution in [0.25, 0.3) is 0 Å². The maximum absolute atomic E-state index is 3.32. The lowest BCUT2D eigenvalue weighted by molar-refractivity contribution is 0.230. The van der Waals surface area contributed by atoms with Crippen molar-refractivity contribution >= 4 is 0 Å². The second-order valence-electron chi connectivity index (χ2n) is 5.82. The summed E-state index contributed by atoms with van der Waals surface area (Å²) in [6, 6.07) is 1.55. The molecule has 100 valence electrons. The molecule has 1 N–H and O–H groups in total. The fourth-order valence-corrected chi connectivity index (χ4v) is 3.19. The van der Waals surface area contributed by atoms with Gasteiger partial charge < -0.3 is 10.2 Å². The summed E-state index contributed by atoms with van der Waals surface area (Å²) in [5.74, 6) is 0. The lowest BCUT2D eigenvalue weighted by atomic mass is 10.2. The van der Waals surface area contributed by atoms with Crippen molar-refractivity contribution in [3.8, 4) is 0 Å². The van der Waals surface area contributed by atoms with Crippen molar-refractivity contribution in [3.63, 3.8) is 0 Å². The maximum Gasteiger partial charge on any atom is 0.0235 e. The van der Waals surface area contributed by atoms with Crippen LogP contribution in [0.5, 0.6) is 0 Å². The van der Waals surface area contributed by atoms with E-state index in [2.05, 4.69) is 29.1 Å². The number of nitrogens with zero attached hydrogens (tertiary/aromatic N) is 2. The van der Waals surface area contributed by atoms with Gasteiger partial charge in [0.2, 0.25) is 0 Å². The molecule has 0 amide bonds. The molecule has 0 aliphatic carbocycles. The van der Waals surface area contributed by atoms with Gasteiger partial charge in [0.05, 0.1) is 0 Å². The third-order valence-corrected chi connectivity index (χ3v) is 4.51. The van der Waals surface area contributed by atoms with E-state index in [1.54, 1.807) is 0 Å². The molecule has 2 aliphatic heterocycles. The summed E-state index contributed by atoms with van der Waals surface area (Å²) in [5.41, 5.74) is 0. The van der Waals surface area contributed by atoms with E-state index in [0.717, 1.165) is 6.04 Å². The molecule has 0 saturated carbocycles. The smallest absolute Gasteiger partial charge is 0.0235 e. The number of likely N-dealkylation sites (tertiary alicyclic amines) is 2. The van der Waals surface area contributed by atoms with Gasteiger partial charge in [-0.3, -0.25) is 4.90 Å². The summed E-state index contributed by atoms with van der Waals surface area (Å²) in [6.07, 6.45) is 6.91. The maximum atomic E-state index is 3.32. The van der Waals surface area contributed by atoms with Crippen LogP contribution in [0.3, 0.4) is 0 Å². The van der Waals surface area contributed by atoms with Gasteiger partial charge in [-0.25, -0.2) is 0 Å². The van der Waals surface area contributed by atoms with Crippen molar-refractivity contribution in [1.82, 2.24) is 15.1 Å². The molecule has 2 atom stereocenters. The largest absolute Gasteiger partial charge is 0.317 e. The van der Waals surface area contributed by atoms with E-state index in [1.807, 2.05) is 0 Å². The van der Waals surface area contributed by atoms with E-state index in [4.69, 9.17) is 0 Å². The summed E-state index contributed by atoms with van der Waals surface area (Å²) >= 11 is 0. The average molecular weight is 239 g/mol. The zero-order valence-electron chi connectivity index (χ0n) is 11.6. The van der Waals surface area contributed by atoms with Gasteiger partial charge in [-0.1, -0.05) is 0 Å². The Balaban J connectivity index is 1.60. The van der Waals surface area contributed by atoms with E-state index < -0.39 is 0 Å². The first kappa shape index (κ1) is 13.3. The molecule has 3 nitrogen and oxygen atoms in total. The van der Waals surface area contributed by atoms with Crippen LogP contribution in [-0.4, -0.2) is 61.7 Å². The van der Waals surface area contributed by atoms with Crippen molar-refractivity contribution in [3.05, 3.63) is 0 Å². The summed E-state index contributed by atoms with van der Waals surface area (Å²) in [6.45, 7) is 8.95. The molecular formula is C14H29N3. The minimum absolute atomic E-state index is 0.673. The van der Waals surface area contributed by atoms with Crippen LogP contribution < -0.4 is 5.32 Å². The van der Waals surface area contributed by atoms with Crippen LogP contribution in [0.15, 0.2) is 0 Å². The van der Waals surface area contributed by atoms with Gasteiger partial charge >= 0.3 is 0 Å². The van der Waals surface area contributed by atoms with Crippen LogP contribution in [0, 0.1) is 0 Å². The minimum atomic E-state index is 0.673. The van der Waals surface area contributed by atoms with Crippen LogP contribution in [0.4, 0.5) is 0 Å². The van der Waals surface area contributed by atoms with Gasteiger partial charge in [-0.15, -0.1) is 0 Å². The summed E-state index contributed by atoms with van der Waals surface area (Å²) in [7, 11) is 2.06. The Labute approximate surface area is 107 Å². The molecule has 2 saturated heterocycles. The van der Waals surface area contributed by atoms with E-state index in [-0.39, 0.29) is 0 Å². The Morgan fingerprint density at radius 2 is 2.00 bits per heavy atom. The quantitative estimate of drug-likeness (QED) is 0.758. The fourth-order valence-electron chi connectivity index (χ4n) is 3.19. The third-order valence-electron chi connectivity index (χ3n) is 4.51. The Hall–Kier alpha value is -0.120. The summed E-state index contributed by atoms with van der Waals surface area (Å²) < 4.78 is 0. The average Bonchev–Trinajstić information content (AvgIpc) is 2.98. The molecule has 0 aromatic heterocycles. The number of hydrogen-bond acceptors (Lipinski definition) is 3. The predicted octanol–water partition coefficient (Wildman–Crippen LogP) is 1.54. The predicted molar refractivity (Wildman–Crippen MR) is 73.4 cm³/mol. The van der Waals surface area contributed by atoms with Crippen LogP contribution in [0.2, 0.25) is 0 Å². The van der Waals surface area contributed by atoms with Crippen molar-refractivity contribution in [2.24, 2.45) is 0 Å². The molecule has 0 aromatic rings. The Morgan fingerprint density at radius 3 is 2.71 bits per heavy atom. The molecule has 3 heteroatoms. The van der Waals surface area contributed by atoms with Crippen molar-refractivity contribution in [2.45, 2.75) is 51.1 Å². The fraction of sp³-hybridized carbons (Fsp3) is 1.00. The minimum Gasteiger partial charge on any atom is -0.317 e. The second-order valence-corrected chi connectivity index (χ2v) is 5.82. The van der Waals surface area contributed by atoms with Crippen molar-refractivity contribution < 1.29 is 0 Å². The van der Waals surface area contributed by atoms with Gasteiger partial charge in [0.25, 0.3) is 0 Å². The van der Waals surface area contributed by atoms with Gasteiger partial charge in [0.1, 0.15) is 0 Å². The molecule has 2 rings (SSSR count). The van der Waals surface area contributed by atoms with Crippen molar-refractivity contribution in [2.75, 3.05) is 39.8 Å². The second kappa shape index (κ2) is 6.72. The van der Waals surface area contributed by atoms with Crippen LogP contribution >= 0.6 is 0 Å². The topological polar surface area (TPSA) is 18.5 Å². The van der Waals surface area contributed by atoms with Crippen LogP contribution in [0.1, 0.15) is 39.0 Å². The van der Waals surface area contributed by atoms with Gasteiger partial charge in [0, 0.05) is 18.6 Å². The molecular weight excluding hydrogens is 210 g/mol. The molecule has 0 spiro atoms. The molecule has 0 bridgehead atoms. The van der Waals surface area contributed by atoms with Gasteiger partial charge in [-0.2, -0.15) is 0 Å².